The number of hydrogen-bond acceptors (Lipinski definition) is 4. The number of hydrogen-bond donors (Lipinski definition) is 1. The third-order valence-electron chi connectivity index (χ3n) is 11.9. The highest BCUT2D eigenvalue weighted by Crippen LogP contribution is 2.71. The van der Waals surface area contributed by atoms with Crippen LogP contribution in [0.5, 0.6) is 0 Å². The number of sulfonamides is 1. The summed E-state index contributed by atoms with van der Waals surface area (Å²) in [5.41, 5.74) is 5.06. The van der Waals surface area contributed by atoms with Gasteiger partial charge in [0.15, 0.2) is 0 Å². The van der Waals surface area contributed by atoms with Crippen molar-refractivity contribution in [3.05, 3.63) is 66.0 Å². The summed E-state index contributed by atoms with van der Waals surface area (Å²) in [6.45, 7) is 0.693. The van der Waals surface area contributed by atoms with Gasteiger partial charge in [-0.2, -0.15) is 5.10 Å². The first kappa shape index (κ1) is 29.2. The fraction of sp³-hybridized carbons (Fsp3) is 0.556. The number of amides is 1. The molecular weight excluding hydrogens is 587 g/mol. The van der Waals surface area contributed by atoms with Crippen molar-refractivity contribution in [2.24, 2.45) is 17.9 Å². The van der Waals surface area contributed by atoms with Crippen molar-refractivity contribution < 1.29 is 17.6 Å². The third-order valence-corrected chi connectivity index (χ3v) is 12.5. The van der Waals surface area contributed by atoms with E-state index in [1.807, 2.05) is 35.2 Å². The summed E-state index contributed by atoms with van der Waals surface area (Å²) in [5.74, 6) is 0.762. The summed E-state index contributed by atoms with van der Waals surface area (Å²) in [7, 11) is -1.25. The quantitative estimate of drug-likeness (QED) is 0.256. The molecule has 45 heavy (non-hydrogen) atoms. The molecule has 2 aromatic carbocycles. The minimum Gasteiger partial charge on any atom is -0.312 e. The highest BCUT2D eigenvalue weighted by Gasteiger charge is 2.69. The number of carbonyl (C=O) groups is 1. The number of rotatable bonds is 10. The highest BCUT2D eigenvalue weighted by atomic mass is 32.2. The molecular formula is C36H43FN4O3S. The van der Waals surface area contributed by atoms with E-state index in [4.69, 9.17) is 5.10 Å². The van der Waals surface area contributed by atoms with E-state index in [0.717, 1.165) is 61.6 Å². The molecule has 1 aromatic heterocycles. The van der Waals surface area contributed by atoms with Crippen molar-refractivity contribution in [3.8, 4) is 11.1 Å². The molecule has 0 saturated heterocycles. The standard InChI is InChI=1S/C36H43FN4O3S/c1-40-31(19-30(38-40)26-6-7-26)35-15-12-33(13-16-35,14-17-35)24-41(32(42)20-34-21-36(37,22-34)23-34)29-5-3-4-27(18-29)25-8-10-28(11-9-25)39-45(2,43)44/h3-5,8-11,18-19,26,39H,6-7,12-17,20-24H2,1-2H3. The Balaban J connectivity index is 1.05. The van der Waals surface area contributed by atoms with Crippen molar-refractivity contribution in [1.29, 1.82) is 0 Å². The lowest BCUT2D eigenvalue weighted by atomic mass is 9.41. The van der Waals surface area contributed by atoms with Crippen LogP contribution in [-0.2, 0) is 27.3 Å². The lowest BCUT2D eigenvalue weighted by molar-refractivity contribution is -0.215. The van der Waals surface area contributed by atoms with E-state index in [1.165, 1.54) is 24.2 Å². The first-order valence-electron chi connectivity index (χ1n) is 16.6. The zero-order valence-corrected chi connectivity index (χ0v) is 27.1. The van der Waals surface area contributed by atoms with Gasteiger partial charge in [-0.1, -0.05) is 24.3 Å². The molecule has 3 aromatic rings. The number of alkyl halides is 1. The van der Waals surface area contributed by atoms with Gasteiger partial charge in [0, 0.05) is 48.4 Å². The second-order valence-electron chi connectivity index (χ2n) is 15.5. The van der Waals surface area contributed by atoms with Crippen molar-refractivity contribution in [1.82, 2.24) is 9.78 Å². The Morgan fingerprint density at radius 1 is 0.956 bits per heavy atom. The molecule has 1 N–H and O–H groups in total. The van der Waals surface area contributed by atoms with Gasteiger partial charge in [0.2, 0.25) is 15.9 Å². The van der Waals surface area contributed by atoms with Crippen molar-refractivity contribution in [2.45, 2.75) is 94.1 Å². The van der Waals surface area contributed by atoms with Gasteiger partial charge in [-0.15, -0.1) is 0 Å². The second-order valence-corrected chi connectivity index (χ2v) is 17.2. The molecule has 7 saturated carbocycles. The average molecular weight is 631 g/mol. The maximum absolute atomic E-state index is 14.4. The fourth-order valence-corrected chi connectivity index (χ4v) is 9.93. The van der Waals surface area contributed by atoms with E-state index in [1.54, 1.807) is 12.1 Å². The normalized spacial score (nSPS) is 31.6. The van der Waals surface area contributed by atoms with E-state index in [9.17, 15) is 17.6 Å². The molecule has 1 heterocycles. The molecule has 0 radical (unpaired) electrons. The van der Waals surface area contributed by atoms with E-state index in [2.05, 4.69) is 28.6 Å². The largest absolute Gasteiger partial charge is 0.312 e. The lowest BCUT2D eigenvalue weighted by Crippen LogP contribution is -2.65. The Labute approximate surface area is 265 Å². The molecule has 0 atom stereocenters. The summed E-state index contributed by atoms with van der Waals surface area (Å²) < 4.78 is 42.4. The number of benzene rings is 2. The van der Waals surface area contributed by atoms with E-state index in [0.29, 0.717) is 43.8 Å². The SMILES string of the molecule is Cn1nc(C2CC2)cc1C12CCC(CN(C(=O)CC34CC(F)(C3)C4)c3cccc(-c4ccc(NS(C)(=O)=O)cc4)c3)(CC1)CC2. The smallest absolute Gasteiger partial charge is 0.229 e. The zero-order chi connectivity index (χ0) is 31.2. The van der Waals surface area contributed by atoms with Crippen molar-refractivity contribution in [3.63, 3.8) is 0 Å². The lowest BCUT2D eigenvalue weighted by Gasteiger charge is -2.66. The molecule has 0 spiro atoms. The van der Waals surface area contributed by atoms with Crippen LogP contribution in [0.3, 0.4) is 0 Å². The Morgan fingerprint density at radius 3 is 2.22 bits per heavy atom. The van der Waals surface area contributed by atoms with Gasteiger partial charge >= 0.3 is 0 Å². The summed E-state index contributed by atoms with van der Waals surface area (Å²) in [5, 5.41) is 4.90. The number of nitrogens with zero attached hydrogens (tertiary/aromatic N) is 3. The van der Waals surface area contributed by atoms with Crippen LogP contribution in [0, 0.1) is 10.8 Å². The summed E-state index contributed by atoms with van der Waals surface area (Å²) in [4.78, 5) is 16.2. The first-order valence-corrected chi connectivity index (χ1v) is 18.5. The van der Waals surface area contributed by atoms with Gasteiger partial charge in [0.05, 0.1) is 11.9 Å². The average Bonchev–Trinajstić information content (AvgIpc) is 3.76. The van der Waals surface area contributed by atoms with Crippen molar-refractivity contribution in [2.75, 3.05) is 22.4 Å². The van der Waals surface area contributed by atoms with Crippen LogP contribution in [0.1, 0.15) is 94.4 Å². The molecule has 0 unspecified atom stereocenters. The topological polar surface area (TPSA) is 84.3 Å². The van der Waals surface area contributed by atoms with E-state index >= 15 is 0 Å². The molecule has 7 aliphatic carbocycles. The number of anilines is 2. The highest BCUT2D eigenvalue weighted by molar-refractivity contribution is 7.92. The number of fused-ring (bicyclic) bond motifs is 3. The minimum absolute atomic E-state index is 0.0744. The number of aryl methyl sites for hydroxylation is 1. The van der Waals surface area contributed by atoms with Gasteiger partial charge in [-0.3, -0.25) is 14.2 Å². The summed E-state index contributed by atoms with van der Waals surface area (Å²) >= 11 is 0. The number of aromatic nitrogens is 2. The Bertz CT molecular complexity index is 1730. The summed E-state index contributed by atoms with van der Waals surface area (Å²) in [6.07, 6.45) is 12.3. The molecule has 7 nitrogen and oxygen atoms in total. The first-order chi connectivity index (χ1) is 21.4. The second kappa shape index (κ2) is 9.90. The molecule has 10 rings (SSSR count). The van der Waals surface area contributed by atoms with Crippen LogP contribution in [-0.4, -0.2) is 42.6 Å². The number of carbonyl (C=O) groups excluding carboxylic acids is 1. The van der Waals surface area contributed by atoms with E-state index in [-0.39, 0.29) is 22.2 Å². The molecule has 0 aliphatic heterocycles. The summed E-state index contributed by atoms with van der Waals surface area (Å²) in [6, 6.07) is 17.8. The monoisotopic (exact) mass is 630 g/mol. The molecule has 7 aliphatic rings. The molecule has 7 fully saturated rings. The number of halogens is 1. The van der Waals surface area contributed by atoms with Gasteiger partial charge in [-0.05, 0) is 123 Å². The Morgan fingerprint density at radius 2 is 1.62 bits per heavy atom. The predicted octanol–water partition coefficient (Wildman–Crippen LogP) is 7.24. The Hall–Kier alpha value is -3.20. The maximum Gasteiger partial charge on any atom is 0.229 e. The minimum atomic E-state index is -3.36. The van der Waals surface area contributed by atoms with Crippen LogP contribution >= 0.6 is 0 Å². The van der Waals surface area contributed by atoms with Crippen molar-refractivity contribution >= 4 is 27.3 Å². The zero-order valence-electron chi connectivity index (χ0n) is 26.3. The maximum atomic E-state index is 14.4. The number of nitrogens with one attached hydrogen (secondary N) is 1. The molecule has 1 amide bonds. The predicted molar refractivity (Wildman–Crippen MR) is 174 cm³/mol. The van der Waals surface area contributed by atoms with Crippen LogP contribution < -0.4 is 9.62 Å². The fourth-order valence-electron chi connectivity index (χ4n) is 9.37. The van der Waals surface area contributed by atoms with Gasteiger partial charge in [0.25, 0.3) is 0 Å². The van der Waals surface area contributed by atoms with Crippen LogP contribution in [0.25, 0.3) is 11.1 Å². The van der Waals surface area contributed by atoms with Crippen LogP contribution in [0.4, 0.5) is 15.8 Å². The van der Waals surface area contributed by atoms with Crippen LogP contribution in [0.15, 0.2) is 54.6 Å². The van der Waals surface area contributed by atoms with Crippen LogP contribution in [0.2, 0.25) is 0 Å². The Kier molecular flexibility index (Phi) is 6.43. The third kappa shape index (κ3) is 5.29. The van der Waals surface area contributed by atoms with Gasteiger partial charge in [-0.25, -0.2) is 12.8 Å². The molecule has 9 heteroatoms. The molecule has 238 valence electrons. The molecule has 4 bridgehead atoms. The van der Waals surface area contributed by atoms with Gasteiger partial charge in [0.1, 0.15) is 5.67 Å². The van der Waals surface area contributed by atoms with Gasteiger partial charge < -0.3 is 4.90 Å². The van der Waals surface area contributed by atoms with E-state index < -0.39 is 15.7 Å².